The van der Waals surface area contributed by atoms with Gasteiger partial charge in [-0.2, -0.15) is 5.10 Å². The van der Waals surface area contributed by atoms with Gasteiger partial charge in [0.2, 0.25) is 0 Å². The Kier molecular flexibility index (Phi) is 5.86. The minimum Gasteiger partial charge on any atom is -0.468 e. The number of nitrogens with zero attached hydrogens (tertiary/aromatic N) is 4. The number of hydrogen-bond donors (Lipinski definition) is 0. The van der Waals surface area contributed by atoms with Crippen LogP contribution in [-0.2, 0) is 27.9 Å². The molecular weight excluding hydrogens is 400 g/mol. The van der Waals surface area contributed by atoms with E-state index in [2.05, 4.69) is 10.1 Å². The average Bonchev–Trinajstić information content (AvgIpc) is 3.39. The molecule has 0 amide bonds. The molecule has 2 unspecified atom stereocenters. The van der Waals surface area contributed by atoms with Crippen LogP contribution < -0.4 is 0 Å². The van der Waals surface area contributed by atoms with Crippen LogP contribution in [0.2, 0.25) is 0 Å². The predicted molar refractivity (Wildman–Crippen MR) is 113 cm³/mol. The second-order valence-corrected chi connectivity index (χ2v) is 8.11. The second kappa shape index (κ2) is 8.58. The highest BCUT2D eigenvalue weighted by Crippen LogP contribution is 2.45. The number of nitro benzene ring substituents is 1. The monoisotopic (exact) mass is 426 g/mol. The van der Waals surface area contributed by atoms with Crippen molar-refractivity contribution in [2.75, 3.05) is 7.11 Å². The van der Waals surface area contributed by atoms with Gasteiger partial charge in [-0.15, -0.1) is 0 Å². The molecule has 2 atom stereocenters. The number of non-ortho nitro benzene ring substituents is 1. The Morgan fingerprint density at radius 2 is 2.06 bits per heavy atom. The Hall–Kier alpha value is -3.07. The zero-order valence-corrected chi connectivity index (χ0v) is 17.9. The van der Waals surface area contributed by atoms with Crippen LogP contribution in [0.3, 0.4) is 0 Å². The van der Waals surface area contributed by atoms with Gasteiger partial charge in [-0.05, 0) is 25.3 Å². The van der Waals surface area contributed by atoms with E-state index in [0.29, 0.717) is 29.4 Å². The fourth-order valence-electron chi connectivity index (χ4n) is 4.66. The summed E-state index contributed by atoms with van der Waals surface area (Å²) < 4.78 is 12.9. The van der Waals surface area contributed by atoms with E-state index < -0.39 is 22.7 Å². The third kappa shape index (κ3) is 3.97. The van der Waals surface area contributed by atoms with Crippen molar-refractivity contribution in [3.63, 3.8) is 0 Å². The molecule has 1 fully saturated rings. The van der Waals surface area contributed by atoms with Crippen molar-refractivity contribution in [1.82, 2.24) is 9.78 Å². The van der Waals surface area contributed by atoms with Gasteiger partial charge in [-0.3, -0.25) is 19.6 Å². The molecule has 164 valence electrons. The zero-order valence-electron chi connectivity index (χ0n) is 17.9. The van der Waals surface area contributed by atoms with Crippen LogP contribution in [0.5, 0.6) is 0 Å². The van der Waals surface area contributed by atoms with Gasteiger partial charge in [0.05, 0.1) is 30.4 Å². The van der Waals surface area contributed by atoms with E-state index in [4.69, 9.17) is 9.47 Å². The molecule has 1 aromatic carbocycles. The second-order valence-electron chi connectivity index (χ2n) is 8.11. The van der Waals surface area contributed by atoms with Crippen LogP contribution in [-0.4, -0.2) is 39.6 Å². The molecule has 31 heavy (non-hydrogen) atoms. The number of aryl methyl sites for hydroxylation is 1. The van der Waals surface area contributed by atoms with Crippen LogP contribution in [0.25, 0.3) is 0 Å². The van der Waals surface area contributed by atoms with Crippen molar-refractivity contribution in [2.24, 2.45) is 18.0 Å². The molecule has 1 aliphatic heterocycles. The van der Waals surface area contributed by atoms with E-state index in [0.717, 1.165) is 31.2 Å². The van der Waals surface area contributed by atoms with Gasteiger partial charge in [-0.1, -0.05) is 25.0 Å². The van der Waals surface area contributed by atoms with Gasteiger partial charge in [-0.25, -0.2) is 4.99 Å². The quantitative estimate of drug-likeness (QED) is 0.395. The molecule has 9 nitrogen and oxygen atoms in total. The molecule has 1 aromatic heterocycles. The van der Waals surface area contributed by atoms with Gasteiger partial charge >= 0.3 is 5.97 Å². The molecule has 1 saturated carbocycles. The van der Waals surface area contributed by atoms with Crippen LogP contribution in [0.4, 0.5) is 11.5 Å². The lowest BCUT2D eigenvalue weighted by Crippen LogP contribution is -2.33. The van der Waals surface area contributed by atoms with E-state index in [9.17, 15) is 14.9 Å². The van der Waals surface area contributed by atoms with Crippen LogP contribution in [0.1, 0.15) is 55.3 Å². The van der Waals surface area contributed by atoms with E-state index in [1.54, 1.807) is 30.8 Å². The highest BCUT2D eigenvalue weighted by atomic mass is 16.6. The number of hydrogen-bond acceptors (Lipinski definition) is 7. The number of ether oxygens (including phenoxy) is 2. The van der Waals surface area contributed by atoms with Crippen LogP contribution >= 0.6 is 0 Å². The van der Waals surface area contributed by atoms with Gasteiger partial charge in [0.15, 0.2) is 5.82 Å². The minimum absolute atomic E-state index is 0.0320. The summed E-state index contributed by atoms with van der Waals surface area (Å²) in [6.45, 7) is 2.08. The molecule has 0 N–H and O–H groups in total. The average molecular weight is 426 g/mol. The van der Waals surface area contributed by atoms with Gasteiger partial charge in [0.25, 0.3) is 5.69 Å². The molecule has 2 heterocycles. The largest absolute Gasteiger partial charge is 0.468 e. The summed E-state index contributed by atoms with van der Waals surface area (Å²) >= 11 is 0. The number of carbonyl (C=O) groups excluding carboxylic acids is 1. The number of rotatable bonds is 6. The van der Waals surface area contributed by atoms with E-state index in [1.807, 2.05) is 0 Å². The third-order valence-corrected chi connectivity index (χ3v) is 6.16. The summed E-state index contributed by atoms with van der Waals surface area (Å²) in [7, 11) is 3.14. The maximum absolute atomic E-state index is 12.8. The summed E-state index contributed by atoms with van der Waals surface area (Å²) in [6.07, 6.45) is 4.60. The number of fused-ring (bicyclic) bond motifs is 1. The number of esters is 1. The summed E-state index contributed by atoms with van der Waals surface area (Å²) in [4.78, 5) is 28.4. The summed E-state index contributed by atoms with van der Waals surface area (Å²) in [5.41, 5.74) is 2.67. The molecule has 2 aliphatic rings. The van der Waals surface area contributed by atoms with Crippen LogP contribution in [0.15, 0.2) is 29.3 Å². The van der Waals surface area contributed by atoms with Crippen molar-refractivity contribution in [1.29, 1.82) is 0 Å². The molecule has 0 bridgehead atoms. The topological polar surface area (TPSA) is 109 Å². The first-order valence-corrected chi connectivity index (χ1v) is 10.5. The number of methoxy groups -OCH3 is 1. The van der Waals surface area contributed by atoms with Crippen molar-refractivity contribution in [3.05, 3.63) is 51.2 Å². The smallest absolute Gasteiger partial charge is 0.315 e. The highest BCUT2D eigenvalue weighted by molar-refractivity contribution is 6.05. The first-order valence-electron chi connectivity index (χ1n) is 10.5. The maximum atomic E-state index is 12.8. The Morgan fingerprint density at radius 1 is 1.32 bits per heavy atom. The lowest BCUT2D eigenvalue weighted by molar-refractivity contribution is -0.384. The Balaban J connectivity index is 1.82. The molecule has 2 aromatic rings. The van der Waals surface area contributed by atoms with E-state index in [1.165, 1.54) is 19.2 Å². The number of nitro groups is 1. The number of benzene rings is 1. The molecule has 9 heteroatoms. The Morgan fingerprint density at radius 3 is 2.74 bits per heavy atom. The summed E-state index contributed by atoms with van der Waals surface area (Å²) in [5, 5.41) is 16.0. The zero-order chi connectivity index (χ0) is 22.1. The van der Waals surface area contributed by atoms with E-state index in [-0.39, 0.29) is 11.8 Å². The first-order chi connectivity index (χ1) is 14.9. The minimum atomic E-state index is -0.700. The lowest BCUT2D eigenvalue weighted by atomic mass is 9.76. The molecule has 0 spiro atoms. The highest BCUT2D eigenvalue weighted by Gasteiger charge is 2.42. The molecule has 0 radical (unpaired) electrons. The Bertz CT molecular complexity index is 1040. The van der Waals surface area contributed by atoms with Gasteiger partial charge in [0.1, 0.15) is 5.92 Å². The van der Waals surface area contributed by atoms with Gasteiger partial charge in [0, 0.05) is 36.4 Å². The molecule has 0 saturated heterocycles. The van der Waals surface area contributed by atoms with Crippen molar-refractivity contribution in [3.8, 4) is 0 Å². The maximum Gasteiger partial charge on any atom is 0.315 e. The summed E-state index contributed by atoms with van der Waals surface area (Å²) in [5.74, 6) is -1.00. The number of aromatic nitrogens is 2. The Labute approximate surface area is 180 Å². The fraction of sp³-hybridized carbons (Fsp3) is 0.500. The molecule has 1 aliphatic carbocycles. The number of aliphatic imine (C=N–C) groups is 1. The normalized spacial score (nSPS) is 20.9. The summed E-state index contributed by atoms with van der Waals surface area (Å²) in [6, 6.07) is 6.38. The predicted octanol–water partition coefficient (Wildman–Crippen LogP) is 3.81. The lowest BCUT2D eigenvalue weighted by Gasteiger charge is -2.29. The van der Waals surface area contributed by atoms with Crippen molar-refractivity contribution in [2.45, 2.75) is 51.2 Å². The SMILES string of the molecule is COC(=O)C1C(C)=Nc2c(c(COC3CCCC3)nn2C)C1c1cccc([N+](=O)[O-])c1. The third-order valence-electron chi connectivity index (χ3n) is 6.16. The fourth-order valence-corrected chi connectivity index (χ4v) is 4.66. The van der Waals surface area contributed by atoms with Gasteiger partial charge < -0.3 is 9.47 Å². The van der Waals surface area contributed by atoms with Crippen molar-refractivity contribution >= 4 is 23.2 Å². The number of carbonyl (C=O) groups is 1. The molecular formula is C22H26N4O5. The van der Waals surface area contributed by atoms with E-state index >= 15 is 0 Å². The van der Waals surface area contributed by atoms with Crippen LogP contribution in [0, 0.1) is 16.0 Å². The first kappa shape index (κ1) is 21.2. The standard InChI is InChI=1S/C22H26N4O5/c1-13-18(22(27)30-3)19(14-7-6-8-15(11-14)26(28)29)20-17(24-25(2)21(20)23-13)12-31-16-9-4-5-10-16/h6-8,11,16,18-19H,4-5,9-10,12H2,1-3H3. The van der Waals surface area contributed by atoms with Crippen molar-refractivity contribution < 1.29 is 19.2 Å². The molecule has 4 rings (SSSR count).